The highest BCUT2D eigenvalue weighted by Gasteiger charge is 2.31. The van der Waals surface area contributed by atoms with Crippen LogP contribution in [0.4, 0.5) is 0 Å². The van der Waals surface area contributed by atoms with E-state index in [1.165, 1.54) is 63.0 Å². The molecule has 3 atom stereocenters. The van der Waals surface area contributed by atoms with Gasteiger partial charge in [0.1, 0.15) is 0 Å². The van der Waals surface area contributed by atoms with E-state index in [-0.39, 0.29) is 0 Å². The molecule has 0 bridgehead atoms. The van der Waals surface area contributed by atoms with E-state index < -0.39 is 0 Å². The van der Waals surface area contributed by atoms with E-state index in [1.54, 1.807) is 0 Å². The first kappa shape index (κ1) is 17.0. The molecule has 0 aromatic carbocycles. The second kappa shape index (κ2) is 8.28. The Balaban J connectivity index is 1.59. The number of rotatable bonds is 4. The molecule has 0 radical (unpaired) electrons. The number of halogens is 1. The van der Waals surface area contributed by atoms with Gasteiger partial charge in [-0.25, -0.2) is 0 Å². The largest absolute Gasteiger partial charge is 0.362 e. The van der Waals surface area contributed by atoms with Crippen LogP contribution in [0.25, 0.3) is 0 Å². The van der Waals surface area contributed by atoms with Crippen LogP contribution in [0, 0.1) is 17.8 Å². The van der Waals surface area contributed by atoms with Crippen molar-refractivity contribution in [3.63, 3.8) is 0 Å². The van der Waals surface area contributed by atoms with Crippen LogP contribution >= 0.6 is 23.4 Å². The third-order valence-electron chi connectivity index (χ3n) is 5.84. The Hall–Kier alpha value is 0.110. The molecule has 3 rings (SSSR count). The fourth-order valence-electron chi connectivity index (χ4n) is 4.41. The van der Waals surface area contributed by atoms with Gasteiger partial charge in [-0.15, -0.1) is 11.6 Å². The molecule has 1 aliphatic heterocycles. The molecule has 3 aliphatic rings. The fraction of sp³-hybridized carbons (Fsp3) is 0.944. The molecule has 3 unspecified atom stereocenters. The molecule has 0 spiro atoms. The quantitative estimate of drug-likeness (QED) is 0.722. The van der Waals surface area contributed by atoms with Crippen LogP contribution in [-0.2, 0) is 0 Å². The number of nitrogens with one attached hydrogen (secondary N) is 1. The van der Waals surface area contributed by atoms with Crippen LogP contribution < -0.4 is 5.32 Å². The lowest BCUT2D eigenvalue weighted by Crippen LogP contribution is -2.42. The van der Waals surface area contributed by atoms with Crippen molar-refractivity contribution >= 4 is 28.5 Å². The Morgan fingerprint density at radius 3 is 2.73 bits per heavy atom. The molecule has 22 heavy (non-hydrogen) atoms. The predicted octanol–water partition coefficient (Wildman–Crippen LogP) is 5.06. The number of alkyl halides is 1. The van der Waals surface area contributed by atoms with E-state index in [9.17, 15) is 0 Å². The Labute approximate surface area is 145 Å². The third kappa shape index (κ3) is 4.80. The summed E-state index contributed by atoms with van der Waals surface area (Å²) in [5.41, 5.74) is 0. The number of hydrogen-bond acceptors (Lipinski definition) is 3. The summed E-state index contributed by atoms with van der Waals surface area (Å²) in [5.74, 6) is 3.76. The molecule has 1 N–H and O–H groups in total. The third-order valence-corrected chi connectivity index (χ3v) is 7.14. The summed E-state index contributed by atoms with van der Waals surface area (Å²) in [6, 6.07) is 0.601. The maximum atomic E-state index is 6.47. The molecular weight excluding hydrogens is 312 g/mol. The van der Waals surface area contributed by atoms with Crippen molar-refractivity contribution < 1.29 is 0 Å². The van der Waals surface area contributed by atoms with Crippen LogP contribution in [0.3, 0.4) is 0 Å². The molecule has 1 heterocycles. The summed E-state index contributed by atoms with van der Waals surface area (Å²) in [6.45, 7) is 3.40. The van der Waals surface area contributed by atoms with Crippen LogP contribution in [0.5, 0.6) is 0 Å². The molecule has 2 fully saturated rings. The minimum Gasteiger partial charge on any atom is -0.362 e. The van der Waals surface area contributed by atoms with Crippen LogP contribution in [0.1, 0.15) is 64.7 Å². The average molecular weight is 343 g/mol. The van der Waals surface area contributed by atoms with E-state index in [1.807, 2.05) is 11.8 Å². The average Bonchev–Trinajstić information content (AvgIpc) is 3.02. The van der Waals surface area contributed by atoms with Crippen molar-refractivity contribution in [3.05, 3.63) is 0 Å². The fourth-order valence-corrected chi connectivity index (χ4v) is 5.58. The minimum absolute atomic E-state index is 0.396. The molecule has 4 heteroatoms. The lowest BCUT2D eigenvalue weighted by Gasteiger charge is -2.37. The Bertz CT molecular complexity index is 379. The lowest BCUT2D eigenvalue weighted by molar-refractivity contribution is 0.212. The molecule has 0 aromatic rings. The van der Waals surface area contributed by atoms with Gasteiger partial charge in [0.15, 0.2) is 5.17 Å². The minimum atomic E-state index is 0.396. The standard InChI is InChI=1S/C18H31ClN2S/c1-13-5-7-14(8-6-13)11-17(21-18-20-9-10-22-18)15-3-2-4-16(19)12-15/h13-17H,2-12H2,1H3,(H,20,21). The molecule has 0 amide bonds. The SMILES string of the molecule is CC1CCC(CC(NC2=NCCS2)C2CCCC(Cl)C2)CC1. The van der Waals surface area contributed by atoms with Crippen LogP contribution in [0.2, 0.25) is 0 Å². The van der Waals surface area contributed by atoms with E-state index in [0.717, 1.165) is 30.1 Å². The Morgan fingerprint density at radius 1 is 1.23 bits per heavy atom. The number of amidine groups is 1. The molecule has 0 aromatic heterocycles. The van der Waals surface area contributed by atoms with Crippen LogP contribution in [0.15, 0.2) is 4.99 Å². The van der Waals surface area contributed by atoms with Gasteiger partial charge in [-0.2, -0.15) is 0 Å². The number of hydrogen-bond donors (Lipinski definition) is 1. The first-order valence-corrected chi connectivity index (χ1v) is 10.7. The van der Waals surface area contributed by atoms with Crippen molar-refractivity contribution in [1.29, 1.82) is 0 Å². The molecule has 2 nitrogen and oxygen atoms in total. The highest BCUT2D eigenvalue weighted by molar-refractivity contribution is 8.14. The second-order valence-corrected chi connectivity index (χ2v) is 9.37. The van der Waals surface area contributed by atoms with Gasteiger partial charge >= 0.3 is 0 Å². The van der Waals surface area contributed by atoms with Gasteiger partial charge in [-0.3, -0.25) is 4.99 Å². The van der Waals surface area contributed by atoms with Gasteiger partial charge in [-0.05, 0) is 43.4 Å². The summed E-state index contributed by atoms with van der Waals surface area (Å²) < 4.78 is 0. The lowest BCUT2D eigenvalue weighted by atomic mass is 9.75. The van der Waals surface area contributed by atoms with Gasteiger partial charge in [-0.1, -0.05) is 50.8 Å². The van der Waals surface area contributed by atoms with E-state index in [4.69, 9.17) is 11.6 Å². The molecule has 2 saturated carbocycles. The number of aliphatic imine (C=N–C) groups is 1. The van der Waals surface area contributed by atoms with Gasteiger partial charge < -0.3 is 5.32 Å². The van der Waals surface area contributed by atoms with Crippen LogP contribution in [-0.4, -0.2) is 28.9 Å². The van der Waals surface area contributed by atoms with Crippen molar-refractivity contribution in [3.8, 4) is 0 Å². The van der Waals surface area contributed by atoms with E-state index in [0.29, 0.717) is 11.4 Å². The van der Waals surface area contributed by atoms with Gasteiger partial charge in [0.05, 0.1) is 6.54 Å². The first-order chi connectivity index (χ1) is 10.7. The maximum absolute atomic E-state index is 6.47. The first-order valence-electron chi connectivity index (χ1n) is 9.28. The maximum Gasteiger partial charge on any atom is 0.156 e. The van der Waals surface area contributed by atoms with E-state index in [2.05, 4.69) is 17.2 Å². The molecule has 126 valence electrons. The zero-order chi connectivity index (χ0) is 15.4. The summed E-state index contributed by atoms with van der Waals surface area (Å²) in [5, 5.41) is 5.41. The topological polar surface area (TPSA) is 24.4 Å². The normalized spacial score (nSPS) is 37.6. The highest BCUT2D eigenvalue weighted by atomic mass is 35.5. The van der Waals surface area contributed by atoms with Gasteiger partial charge in [0.2, 0.25) is 0 Å². The zero-order valence-electron chi connectivity index (χ0n) is 13.9. The van der Waals surface area contributed by atoms with Gasteiger partial charge in [0, 0.05) is 17.2 Å². The van der Waals surface area contributed by atoms with Crippen molar-refractivity contribution in [2.45, 2.75) is 76.1 Å². The zero-order valence-corrected chi connectivity index (χ0v) is 15.5. The van der Waals surface area contributed by atoms with Crippen molar-refractivity contribution in [2.75, 3.05) is 12.3 Å². The van der Waals surface area contributed by atoms with E-state index >= 15 is 0 Å². The molecule has 0 saturated heterocycles. The molecule has 2 aliphatic carbocycles. The van der Waals surface area contributed by atoms with Gasteiger partial charge in [0.25, 0.3) is 0 Å². The predicted molar refractivity (Wildman–Crippen MR) is 99.0 cm³/mol. The Morgan fingerprint density at radius 2 is 2.05 bits per heavy atom. The monoisotopic (exact) mass is 342 g/mol. The summed E-state index contributed by atoms with van der Waals surface area (Å²) in [7, 11) is 0. The van der Waals surface area contributed by atoms with Crippen molar-refractivity contribution in [1.82, 2.24) is 5.32 Å². The highest BCUT2D eigenvalue weighted by Crippen LogP contribution is 2.36. The number of nitrogens with zero attached hydrogens (tertiary/aromatic N) is 1. The second-order valence-electron chi connectivity index (χ2n) is 7.67. The summed E-state index contributed by atoms with van der Waals surface area (Å²) >= 11 is 8.37. The Kier molecular flexibility index (Phi) is 6.38. The molecular formula is C18H31ClN2S. The number of thioether (sulfide) groups is 1. The van der Waals surface area contributed by atoms with Crippen molar-refractivity contribution in [2.24, 2.45) is 22.7 Å². The summed E-state index contributed by atoms with van der Waals surface area (Å²) in [6.07, 6.45) is 12.1. The summed E-state index contributed by atoms with van der Waals surface area (Å²) in [4.78, 5) is 4.63. The smallest absolute Gasteiger partial charge is 0.156 e.